The molecule has 9 atom stereocenters. The normalized spacial score (nSPS) is 38.4. The van der Waals surface area contributed by atoms with Crippen molar-refractivity contribution in [3.05, 3.63) is 29.1 Å². The Morgan fingerprint density at radius 2 is 1.66 bits per heavy atom. The summed E-state index contributed by atoms with van der Waals surface area (Å²) in [5, 5.41) is 14.1. The third-order valence-corrected chi connectivity index (χ3v) is 9.57. The van der Waals surface area contributed by atoms with Gasteiger partial charge in [0.1, 0.15) is 0 Å². The Morgan fingerprint density at radius 3 is 2.34 bits per heavy atom. The molecule has 3 heteroatoms. The molecule has 3 nitrogen and oxygen atoms in total. The summed E-state index contributed by atoms with van der Waals surface area (Å²) in [7, 11) is 0. The molecule has 0 aromatic carbocycles. The van der Waals surface area contributed by atoms with Crippen LogP contribution in [0.1, 0.15) is 95.5 Å². The zero-order valence-corrected chi connectivity index (χ0v) is 21.3. The summed E-state index contributed by atoms with van der Waals surface area (Å²) in [4.78, 5) is 4.57. The third kappa shape index (κ3) is 5.76. The van der Waals surface area contributed by atoms with Crippen molar-refractivity contribution < 1.29 is 5.11 Å². The molecule has 1 aromatic rings. The molecule has 32 heavy (non-hydrogen) atoms. The Hall–Kier alpha value is -0.930. The molecule has 3 saturated carbocycles. The lowest BCUT2D eigenvalue weighted by Crippen LogP contribution is -2.45. The topological polar surface area (TPSA) is 45.1 Å². The molecule has 1 heterocycles. The Kier molecular flexibility index (Phi) is 7.98. The molecule has 0 spiro atoms. The molecule has 180 valence electrons. The van der Waals surface area contributed by atoms with Crippen molar-refractivity contribution in [2.24, 2.45) is 41.4 Å². The highest BCUT2D eigenvalue weighted by atomic mass is 16.3. The number of nitrogens with zero attached hydrogens (tertiary/aromatic N) is 1. The first-order valence-corrected chi connectivity index (χ1v) is 13.7. The van der Waals surface area contributed by atoms with Crippen LogP contribution in [0.5, 0.6) is 0 Å². The number of aryl methyl sites for hydroxylation is 2. The van der Waals surface area contributed by atoms with E-state index in [1.807, 2.05) is 6.92 Å². The number of fused-ring (bicyclic) bond motifs is 3. The summed E-state index contributed by atoms with van der Waals surface area (Å²) in [6.07, 6.45) is 12.0. The number of pyridine rings is 1. The van der Waals surface area contributed by atoms with Crippen LogP contribution in [0, 0.1) is 55.3 Å². The van der Waals surface area contributed by atoms with Gasteiger partial charge < -0.3 is 10.4 Å². The Morgan fingerprint density at radius 1 is 0.969 bits per heavy atom. The van der Waals surface area contributed by atoms with Crippen molar-refractivity contribution in [2.45, 2.75) is 111 Å². The zero-order valence-electron chi connectivity index (χ0n) is 21.3. The van der Waals surface area contributed by atoms with Crippen LogP contribution in [0.4, 0.5) is 0 Å². The van der Waals surface area contributed by atoms with Gasteiger partial charge in [0.25, 0.3) is 0 Å². The second-order valence-corrected chi connectivity index (χ2v) is 12.1. The van der Waals surface area contributed by atoms with E-state index in [4.69, 9.17) is 0 Å². The maximum Gasteiger partial charge on any atom is 0.0512 e. The highest BCUT2D eigenvalue weighted by Crippen LogP contribution is 2.52. The maximum absolute atomic E-state index is 10.0. The summed E-state index contributed by atoms with van der Waals surface area (Å²) in [6, 6.07) is 5.12. The third-order valence-electron chi connectivity index (χ3n) is 9.57. The van der Waals surface area contributed by atoms with Crippen molar-refractivity contribution in [1.82, 2.24) is 10.3 Å². The number of rotatable bonds is 6. The molecular formula is C29H48N2O. The first-order chi connectivity index (χ1) is 15.3. The van der Waals surface area contributed by atoms with E-state index in [0.29, 0.717) is 6.04 Å². The molecule has 2 N–H and O–H groups in total. The number of aliphatic hydroxyl groups excluding tert-OH is 1. The minimum absolute atomic E-state index is 0.158. The van der Waals surface area contributed by atoms with Crippen LogP contribution in [0.2, 0.25) is 0 Å². The highest BCUT2D eigenvalue weighted by Gasteiger charge is 2.44. The fourth-order valence-electron chi connectivity index (χ4n) is 7.96. The Labute approximate surface area is 197 Å². The average molecular weight is 441 g/mol. The first-order valence-electron chi connectivity index (χ1n) is 13.7. The van der Waals surface area contributed by atoms with Gasteiger partial charge in [-0.2, -0.15) is 0 Å². The van der Waals surface area contributed by atoms with Crippen molar-refractivity contribution >= 4 is 0 Å². The summed E-state index contributed by atoms with van der Waals surface area (Å²) in [6.45, 7) is 12.2. The molecule has 3 fully saturated rings. The van der Waals surface area contributed by atoms with Crippen LogP contribution in [-0.4, -0.2) is 22.2 Å². The largest absolute Gasteiger partial charge is 0.393 e. The van der Waals surface area contributed by atoms with Gasteiger partial charge in [0.05, 0.1) is 6.10 Å². The summed E-state index contributed by atoms with van der Waals surface area (Å²) >= 11 is 0. The van der Waals surface area contributed by atoms with Crippen LogP contribution in [0.3, 0.4) is 0 Å². The molecule has 2 bridgehead atoms. The monoisotopic (exact) mass is 440 g/mol. The molecule has 0 saturated heterocycles. The Bertz CT molecular complexity index is 726. The van der Waals surface area contributed by atoms with E-state index in [-0.39, 0.29) is 6.10 Å². The molecule has 5 unspecified atom stereocenters. The zero-order chi connectivity index (χ0) is 22.8. The highest BCUT2D eigenvalue weighted by molar-refractivity contribution is 5.20. The van der Waals surface area contributed by atoms with Crippen LogP contribution in [-0.2, 0) is 6.54 Å². The van der Waals surface area contributed by atoms with Crippen LogP contribution >= 0.6 is 0 Å². The molecule has 1 aromatic heterocycles. The van der Waals surface area contributed by atoms with Gasteiger partial charge in [-0.1, -0.05) is 33.1 Å². The smallest absolute Gasteiger partial charge is 0.0512 e. The molecule has 3 aliphatic carbocycles. The summed E-state index contributed by atoms with van der Waals surface area (Å²) in [5.74, 6) is 5.89. The second kappa shape index (κ2) is 10.6. The van der Waals surface area contributed by atoms with E-state index in [2.05, 4.69) is 50.1 Å². The van der Waals surface area contributed by atoms with Crippen LogP contribution in [0.25, 0.3) is 0 Å². The predicted octanol–water partition coefficient (Wildman–Crippen LogP) is 6.44. The number of aromatic nitrogens is 1. The lowest BCUT2D eigenvalue weighted by molar-refractivity contribution is 0.0240. The fraction of sp³-hybridized carbons (Fsp3) is 0.828. The van der Waals surface area contributed by atoms with Gasteiger partial charge in [-0.25, -0.2) is 0 Å². The fourth-order valence-corrected chi connectivity index (χ4v) is 7.96. The maximum atomic E-state index is 10.0. The van der Waals surface area contributed by atoms with Gasteiger partial charge >= 0.3 is 0 Å². The second-order valence-electron chi connectivity index (χ2n) is 12.1. The van der Waals surface area contributed by atoms with E-state index < -0.39 is 0 Å². The SMILES string of the molecule is Cc1cc(CNC2CC3CCC(C3)CC3[C@@H](CCC(C)O)[C@H](C)CC[C@H]3[C@H]2C)cc(C)n1. The average Bonchev–Trinajstić information content (AvgIpc) is 3.17. The molecule has 0 radical (unpaired) electrons. The van der Waals surface area contributed by atoms with E-state index >= 15 is 0 Å². The van der Waals surface area contributed by atoms with Crippen molar-refractivity contribution in [2.75, 3.05) is 0 Å². The van der Waals surface area contributed by atoms with E-state index in [1.165, 1.54) is 56.9 Å². The molecule has 4 rings (SSSR count). The summed E-state index contributed by atoms with van der Waals surface area (Å²) < 4.78 is 0. The molecule has 3 aliphatic rings. The van der Waals surface area contributed by atoms with E-state index in [9.17, 15) is 5.11 Å². The summed E-state index contributed by atoms with van der Waals surface area (Å²) in [5.41, 5.74) is 3.64. The van der Waals surface area contributed by atoms with Crippen LogP contribution < -0.4 is 5.32 Å². The van der Waals surface area contributed by atoms with Gasteiger partial charge in [0, 0.05) is 24.0 Å². The molecular weight excluding hydrogens is 392 g/mol. The first kappa shape index (κ1) is 24.2. The van der Waals surface area contributed by atoms with Gasteiger partial charge in [-0.15, -0.1) is 0 Å². The van der Waals surface area contributed by atoms with E-state index in [0.717, 1.165) is 65.8 Å². The lowest BCUT2D eigenvalue weighted by Gasteiger charge is -2.47. The number of hydrogen-bond acceptors (Lipinski definition) is 3. The van der Waals surface area contributed by atoms with E-state index in [1.54, 1.807) is 0 Å². The van der Waals surface area contributed by atoms with Gasteiger partial charge in [-0.05, 0) is 118 Å². The van der Waals surface area contributed by atoms with Crippen molar-refractivity contribution in [3.63, 3.8) is 0 Å². The Balaban J connectivity index is 1.53. The molecule has 0 aliphatic heterocycles. The van der Waals surface area contributed by atoms with Gasteiger partial charge in [0.2, 0.25) is 0 Å². The van der Waals surface area contributed by atoms with Crippen molar-refractivity contribution in [3.8, 4) is 0 Å². The minimum Gasteiger partial charge on any atom is -0.393 e. The standard InChI is InChI=1S/C29H48N2O/c1-18-6-10-27-22(5)29(30-17-25-12-19(2)31-20(3)13-25)16-24-9-8-23(14-24)15-28(27)26(18)11-7-21(4)32/h12-13,18,21-24,26-30,32H,6-11,14-17H2,1-5H3/t18-,21?,22-,23?,24?,26+,27+,28?,29?/m1/s1. The van der Waals surface area contributed by atoms with Crippen LogP contribution in [0.15, 0.2) is 12.1 Å². The molecule has 0 amide bonds. The minimum atomic E-state index is -0.158. The van der Waals surface area contributed by atoms with Crippen molar-refractivity contribution in [1.29, 1.82) is 0 Å². The van der Waals surface area contributed by atoms with Gasteiger partial charge in [0.15, 0.2) is 0 Å². The number of aliphatic hydroxyl groups is 1. The number of nitrogens with one attached hydrogen (secondary N) is 1. The predicted molar refractivity (Wildman–Crippen MR) is 133 cm³/mol. The lowest BCUT2D eigenvalue weighted by atomic mass is 9.59. The number of hydrogen-bond donors (Lipinski definition) is 2. The van der Waals surface area contributed by atoms with Gasteiger partial charge in [-0.3, -0.25) is 4.98 Å². The quantitative estimate of drug-likeness (QED) is 0.535.